The van der Waals surface area contributed by atoms with Crippen LogP contribution in [-0.2, 0) is 6.54 Å². The van der Waals surface area contributed by atoms with E-state index < -0.39 is 0 Å². The molecule has 20 heavy (non-hydrogen) atoms. The third kappa shape index (κ3) is 2.65. The second kappa shape index (κ2) is 5.81. The molecule has 0 radical (unpaired) electrons. The highest BCUT2D eigenvalue weighted by Gasteiger charge is 2.17. The Bertz CT molecular complexity index is 589. The normalized spacial score (nSPS) is 17.6. The van der Waals surface area contributed by atoms with E-state index in [0.29, 0.717) is 5.75 Å². The zero-order valence-electron chi connectivity index (χ0n) is 12.0. The van der Waals surface area contributed by atoms with Crippen molar-refractivity contribution in [1.29, 1.82) is 0 Å². The summed E-state index contributed by atoms with van der Waals surface area (Å²) >= 11 is 0. The Morgan fingerprint density at radius 2 is 1.65 bits per heavy atom. The Kier molecular flexibility index (Phi) is 3.90. The van der Waals surface area contributed by atoms with Gasteiger partial charge in [-0.1, -0.05) is 37.3 Å². The average Bonchev–Trinajstić information content (AvgIpc) is 2.51. The number of aromatic hydroxyl groups is 1. The molecule has 1 aliphatic heterocycles. The number of nitrogens with zero attached hydrogens (tertiary/aromatic N) is 2. The molecule has 3 rings (SSSR count). The van der Waals surface area contributed by atoms with E-state index in [2.05, 4.69) is 28.9 Å². The number of phenols is 1. The number of hydrogen-bond acceptors (Lipinski definition) is 3. The monoisotopic (exact) mass is 270 g/mol. The third-order valence-electron chi connectivity index (χ3n) is 4.31. The summed E-state index contributed by atoms with van der Waals surface area (Å²) in [6.07, 6.45) is 0. The lowest BCUT2D eigenvalue weighted by molar-refractivity contribution is 0.131. The molecular formula is C17H22N2O. The van der Waals surface area contributed by atoms with Crippen molar-refractivity contribution in [3.05, 3.63) is 42.0 Å². The van der Waals surface area contributed by atoms with Crippen molar-refractivity contribution in [1.82, 2.24) is 9.80 Å². The number of fused-ring (bicyclic) bond motifs is 1. The quantitative estimate of drug-likeness (QED) is 0.929. The van der Waals surface area contributed by atoms with E-state index in [4.69, 9.17) is 0 Å². The summed E-state index contributed by atoms with van der Waals surface area (Å²) in [5.41, 5.74) is 1.06. The van der Waals surface area contributed by atoms with Crippen molar-refractivity contribution in [2.24, 2.45) is 0 Å². The topological polar surface area (TPSA) is 26.7 Å². The highest BCUT2D eigenvalue weighted by Crippen LogP contribution is 2.28. The standard InChI is InChI=1S/C17H22N2O/c1-2-18-9-11-19(12-10-18)13-16-15-6-4-3-5-14(15)7-8-17(16)20/h3-8,20H,2,9-13H2,1H3. The van der Waals surface area contributed by atoms with E-state index in [9.17, 15) is 5.11 Å². The summed E-state index contributed by atoms with van der Waals surface area (Å²) in [4.78, 5) is 4.91. The molecule has 3 nitrogen and oxygen atoms in total. The van der Waals surface area contributed by atoms with Gasteiger partial charge in [-0.2, -0.15) is 0 Å². The first-order chi connectivity index (χ1) is 9.78. The maximum Gasteiger partial charge on any atom is 0.120 e. The number of hydrogen-bond donors (Lipinski definition) is 1. The zero-order valence-corrected chi connectivity index (χ0v) is 12.0. The molecule has 0 aromatic heterocycles. The SMILES string of the molecule is CCN1CCN(Cc2c(O)ccc3ccccc23)CC1. The van der Waals surface area contributed by atoms with E-state index in [1.54, 1.807) is 0 Å². The maximum absolute atomic E-state index is 10.2. The minimum absolute atomic E-state index is 0.418. The predicted molar refractivity (Wildman–Crippen MR) is 83.0 cm³/mol. The fourth-order valence-electron chi connectivity index (χ4n) is 2.98. The van der Waals surface area contributed by atoms with Crippen molar-refractivity contribution in [3.8, 4) is 5.75 Å². The van der Waals surface area contributed by atoms with Gasteiger partial charge in [-0.15, -0.1) is 0 Å². The zero-order chi connectivity index (χ0) is 13.9. The molecule has 1 heterocycles. The van der Waals surface area contributed by atoms with Crippen molar-refractivity contribution in [2.45, 2.75) is 13.5 Å². The Labute approximate surface area is 120 Å². The minimum Gasteiger partial charge on any atom is -0.508 e. The first-order valence-electron chi connectivity index (χ1n) is 7.42. The van der Waals surface area contributed by atoms with Crippen LogP contribution < -0.4 is 0 Å². The van der Waals surface area contributed by atoms with Crippen molar-refractivity contribution in [2.75, 3.05) is 32.7 Å². The van der Waals surface area contributed by atoms with Crippen LogP contribution >= 0.6 is 0 Å². The highest BCUT2D eigenvalue weighted by molar-refractivity contribution is 5.87. The van der Waals surface area contributed by atoms with Crippen LogP contribution in [0.2, 0.25) is 0 Å². The van der Waals surface area contributed by atoms with E-state index in [-0.39, 0.29) is 0 Å². The predicted octanol–water partition coefficient (Wildman–Crippen LogP) is 2.68. The molecule has 2 aromatic rings. The molecule has 0 aliphatic carbocycles. The van der Waals surface area contributed by atoms with Gasteiger partial charge in [0.05, 0.1) is 0 Å². The summed E-state index contributed by atoms with van der Waals surface area (Å²) in [6, 6.07) is 12.1. The summed E-state index contributed by atoms with van der Waals surface area (Å²) < 4.78 is 0. The van der Waals surface area contributed by atoms with Gasteiger partial charge >= 0.3 is 0 Å². The molecule has 0 spiro atoms. The van der Waals surface area contributed by atoms with Crippen LogP contribution in [0.25, 0.3) is 10.8 Å². The number of phenolic OH excluding ortho intramolecular Hbond substituents is 1. The molecule has 0 unspecified atom stereocenters. The van der Waals surface area contributed by atoms with E-state index in [0.717, 1.165) is 44.8 Å². The second-order valence-corrected chi connectivity index (χ2v) is 5.49. The fraction of sp³-hybridized carbons (Fsp3) is 0.412. The molecule has 0 saturated carbocycles. The van der Waals surface area contributed by atoms with Gasteiger partial charge in [0.2, 0.25) is 0 Å². The first-order valence-corrected chi connectivity index (χ1v) is 7.42. The molecule has 2 aromatic carbocycles. The van der Waals surface area contributed by atoms with Gasteiger partial charge in [-0.25, -0.2) is 0 Å². The summed E-state index contributed by atoms with van der Waals surface area (Å²) in [6.45, 7) is 8.60. The minimum atomic E-state index is 0.418. The average molecular weight is 270 g/mol. The van der Waals surface area contributed by atoms with Gasteiger partial charge in [-0.3, -0.25) is 4.90 Å². The van der Waals surface area contributed by atoms with E-state index >= 15 is 0 Å². The van der Waals surface area contributed by atoms with Crippen LogP contribution in [0.15, 0.2) is 36.4 Å². The third-order valence-corrected chi connectivity index (χ3v) is 4.31. The highest BCUT2D eigenvalue weighted by atomic mass is 16.3. The molecule has 0 atom stereocenters. The summed E-state index contributed by atoms with van der Waals surface area (Å²) in [5, 5.41) is 12.6. The van der Waals surface area contributed by atoms with Crippen LogP contribution in [0.5, 0.6) is 5.75 Å². The van der Waals surface area contributed by atoms with Crippen LogP contribution in [0.1, 0.15) is 12.5 Å². The molecule has 0 bridgehead atoms. The first kappa shape index (κ1) is 13.4. The van der Waals surface area contributed by atoms with Gasteiger partial charge in [0.25, 0.3) is 0 Å². The van der Waals surface area contributed by atoms with Gasteiger partial charge in [0.15, 0.2) is 0 Å². The lowest BCUT2D eigenvalue weighted by atomic mass is 10.0. The maximum atomic E-state index is 10.2. The Balaban J connectivity index is 1.82. The molecule has 106 valence electrons. The lowest BCUT2D eigenvalue weighted by Crippen LogP contribution is -2.45. The number of likely N-dealkylation sites (N-methyl/N-ethyl adjacent to an activating group) is 1. The van der Waals surface area contributed by atoms with E-state index in [1.807, 2.05) is 24.3 Å². The Morgan fingerprint density at radius 1 is 0.950 bits per heavy atom. The summed E-state index contributed by atoms with van der Waals surface area (Å²) in [7, 11) is 0. The van der Waals surface area contributed by atoms with Crippen LogP contribution in [0.4, 0.5) is 0 Å². The molecule has 3 heteroatoms. The molecule has 1 N–H and O–H groups in total. The van der Waals surface area contributed by atoms with Gasteiger partial charge in [0.1, 0.15) is 5.75 Å². The molecule has 1 fully saturated rings. The second-order valence-electron chi connectivity index (χ2n) is 5.49. The Morgan fingerprint density at radius 3 is 2.40 bits per heavy atom. The fourth-order valence-corrected chi connectivity index (χ4v) is 2.98. The van der Waals surface area contributed by atoms with Crippen molar-refractivity contribution < 1.29 is 5.11 Å². The molecule has 1 saturated heterocycles. The largest absolute Gasteiger partial charge is 0.508 e. The van der Waals surface area contributed by atoms with E-state index in [1.165, 1.54) is 10.8 Å². The van der Waals surface area contributed by atoms with Gasteiger partial charge in [0, 0.05) is 38.3 Å². The number of benzene rings is 2. The Hall–Kier alpha value is -1.58. The van der Waals surface area contributed by atoms with Crippen LogP contribution in [-0.4, -0.2) is 47.6 Å². The van der Waals surface area contributed by atoms with Crippen LogP contribution in [0, 0.1) is 0 Å². The van der Waals surface area contributed by atoms with Crippen molar-refractivity contribution >= 4 is 10.8 Å². The molecule has 1 aliphatic rings. The van der Waals surface area contributed by atoms with Gasteiger partial charge in [-0.05, 0) is 23.4 Å². The number of rotatable bonds is 3. The molecular weight excluding hydrogens is 248 g/mol. The smallest absolute Gasteiger partial charge is 0.120 e. The number of piperazine rings is 1. The summed E-state index contributed by atoms with van der Waals surface area (Å²) in [5.74, 6) is 0.418. The van der Waals surface area contributed by atoms with Gasteiger partial charge < -0.3 is 10.0 Å². The van der Waals surface area contributed by atoms with Crippen molar-refractivity contribution in [3.63, 3.8) is 0 Å². The lowest BCUT2D eigenvalue weighted by Gasteiger charge is -2.34. The van der Waals surface area contributed by atoms with Crippen LogP contribution in [0.3, 0.4) is 0 Å². The molecule has 0 amide bonds.